The minimum atomic E-state index is -0.423. The van der Waals surface area contributed by atoms with Gasteiger partial charge < -0.3 is 4.74 Å². The monoisotopic (exact) mass is 316 g/mol. The summed E-state index contributed by atoms with van der Waals surface area (Å²) in [5.41, 5.74) is 0.270. The second kappa shape index (κ2) is 6.19. The number of methoxy groups -OCH3 is 1. The van der Waals surface area contributed by atoms with Crippen molar-refractivity contribution in [3.8, 4) is 0 Å². The molecule has 0 atom stereocenters. The molecule has 0 amide bonds. The Balaban J connectivity index is 2.34. The molecule has 7 heteroatoms. The van der Waals surface area contributed by atoms with Crippen molar-refractivity contribution >= 4 is 52.8 Å². The van der Waals surface area contributed by atoms with Crippen molar-refractivity contribution in [2.24, 2.45) is 0 Å². The Morgan fingerprint density at radius 1 is 1.21 bits per heavy atom. The van der Waals surface area contributed by atoms with Gasteiger partial charge in [0.05, 0.1) is 21.2 Å². The van der Waals surface area contributed by atoms with Crippen LogP contribution in [0.4, 0.5) is 0 Å². The molecule has 0 saturated heterocycles. The van der Waals surface area contributed by atoms with Crippen LogP contribution in [0.5, 0.6) is 0 Å². The molecule has 0 aromatic carbocycles. The van der Waals surface area contributed by atoms with E-state index in [2.05, 4.69) is 0 Å². The molecule has 1 aliphatic heterocycles. The van der Waals surface area contributed by atoms with Gasteiger partial charge in [-0.25, -0.2) is 4.79 Å². The zero-order valence-corrected chi connectivity index (χ0v) is 12.9. The lowest BCUT2D eigenvalue weighted by molar-refractivity contribution is -0.135. The number of hydrogen-bond donors (Lipinski definition) is 0. The average molecular weight is 316 g/mol. The van der Waals surface area contributed by atoms with E-state index in [-0.39, 0.29) is 17.1 Å². The van der Waals surface area contributed by atoms with Crippen LogP contribution in [0.2, 0.25) is 0 Å². The van der Waals surface area contributed by atoms with E-state index in [0.29, 0.717) is 28.4 Å². The van der Waals surface area contributed by atoms with Crippen LogP contribution in [-0.2, 0) is 19.1 Å². The zero-order chi connectivity index (χ0) is 14.0. The van der Waals surface area contributed by atoms with Gasteiger partial charge in [0.2, 0.25) is 0 Å². The van der Waals surface area contributed by atoms with E-state index in [9.17, 15) is 14.4 Å². The first kappa shape index (κ1) is 14.7. The van der Waals surface area contributed by atoms with E-state index in [1.54, 1.807) is 0 Å². The number of thioether (sulfide) groups is 3. The summed E-state index contributed by atoms with van der Waals surface area (Å²) in [4.78, 5) is 35.9. The third kappa shape index (κ3) is 2.93. The number of hydrogen-bond acceptors (Lipinski definition) is 7. The number of rotatable bonds is 2. The Morgan fingerprint density at radius 3 is 2.37 bits per heavy atom. The zero-order valence-electron chi connectivity index (χ0n) is 10.5. The lowest BCUT2D eigenvalue weighted by Crippen LogP contribution is -2.19. The molecule has 1 fully saturated rings. The van der Waals surface area contributed by atoms with Crippen LogP contribution >= 0.6 is 35.3 Å². The molecule has 2 aliphatic rings. The number of ether oxygens (including phenoxy) is 1. The largest absolute Gasteiger partial charge is 0.465 e. The fourth-order valence-corrected chi connectivity index (χ4v) is 5.52. The molecule has 0 aromatic rings. The Morgan fingerprint density at radius 2 is 1.84 bits per heavy atom. The van der Waals surface area contributed by atoms with E-state index in [0.717, 1.165) is 4.24 Å². The Kier molecular flexibility index (Phi) is 4.81. The summed E-state index contributed by atoms with van der Waals surface area (Å²) >= 11 is 3.91. The average Bonchev–Trinajstić information content (AvgIpc) is 2.81. The smallest absolute Gasteiger partial charge is 0.346 e. The second-order valence-electron chi connectivity index (χ2n) is 3.88. The van der Waals surface area contributed by atoms with Crippen molar-refractivity contribution in [2.45, 2.75) is 19.3 Å². The van der Waals surface area contributed by atoms with Gasteiger partial charge in [-0.3, -0.25) is 9.59 Å². The summed E-state index contributed by atoms with van der Waals surface area (Å²) in [6.45, 7) is 0. The number of ketones is 2. The molecule has 4 nitrogen and oxygen atoms in total. The molecule has 2 rings (SSSR count). The summed E-state index contributed by atoms with van der Waals surface area (Å²) in [6, 6.07) is 0. The molecule has 102 valence electrons. The fourth-order valence-electron chi connectivity index (χ4n) is 1.78. The lowest BCUT2D eigenvalue weighted by atomic mass is 9.94. The molecule has 0 radical (unpaired) electrons. The summed E-state index contributed by atoms with van der Waals surface area (Å²) in [5, 5.41) is 0. The molecule has 1 saturated carbocycles. The van der Waals surface area contributed by atoms with Crippen molar-refractivity contribution < 1.29 is 19.1 Å². The maximum absolute atomic E-state index is 11.9. The first-order chi connectivity index (χ1) is 9.08. The van der Waals surface area contributed by atoms with Gasteiger partial charge in [-0.1, -0.05) is 23.5 Å². The van der Waals surface area contributed by atoms with Crippen LogP contribution in [0.25, 0.3) is 0 Å². The maximum Gasteiger partial charge on any atom is 0.346 e. The molecule has 1 aliphatic carbocycles. The first-order valence-electron chi connectivity index (χ1n) is 5.61. The van der Waals surface area contributed by atoms with Crippen LogP contribution < -0.4 is 0 Å². The molecular formula is C12H12O4S3. The molecule has 0 N–H and O–H groups in total. The van der Waals surface area contributed by atoms with Crippen molar-refractivity contribution in [1.82, 2.24) is 0 Å². The van der Waals surface area contributed by atoms with Crippen molar-refractivity contribution in [1.29, 1.82) is 0 Å². The van der Waals surface area contributed by atoms with Gasteiger partial charge in [0.15, 0.2) is 11.6 Å². The van der Waals surface area contributed by atoms with E-state index in [1.165, 1.54) is 42.4 Å². The molecular weight excluding hydrogens is 304 g/mol. The predicted octanol–water partition coefficient (Wildman–Crippen LogP) is 2.71. The van der Waals surface area contributed by atoms with Crippen LogP contribution in [0, 0.1) is 0 Å². The summed E-state index contributed by atoms with van der Waals surface area (Å²) in [6.07, 6.45) is 3.29. The number of Topliss-reactive ketones (excluding diaryl/α,β-unsaturated/α-hetero) is 2. The van der Waals surface area contributed by atoms with Gasteiger partial charge in [0.1, 0.15) is 4.91 Å². The molecule has 0 bridgehead atoms. The molecule has 19 heavy (non-hydrogen) atoms. The Bertz CT molecular complexity index is 501. The number of esters is 1. The number of carbonyl (C=O) groups excluding carboxylic acids is 3. The van der Waals surface area contributed by atoms with Crippen LogP contribution in [0.3, 0.4) is 0 Å². The van der Waals surface area contributed by atoms with E-state index in [4.69, 9.17) is 4.74 Å². The molecule has 0 unspecified atom stereocenters. The summed E-state index contributed by atoms with van der Waals surface area (Å²) in [5.74, 6) is -0.649. The van der Waals surface area contributed by atoms with Gasteiger partial charge in [-0.2, -0.15) is 0 Å². The highest BCUT2D eigenvalue weighted by molar-refractivity contribution is 8.36. The SMILES string of the molecule is COC(=O)C1=C(SC)SC(=C2C(=O)CCCC2=O)S1. The normalized spacial score (nSPS) is 20.3. The fraction of sp³-hybridized carbons (Fsp3) is 0.417. The minimum Gasteiger partial charge on any atom is -0.465 e. The topological polar surface area (TPSA) is 60.4 Å². The van der Waals surface area contributed by atoms with Crippen molar-refractivity contribution in [3.05, 3.63) is 19.0 Å². The highest BCUT2D eigenvalue weighted by Gasteiger charge is 2.34. The summed E-state index contributed by atoms with van der Waals surface area (Å²) < 4.78 is 6.13. The molecule has 0 aromatic heterocycles. The molecule has 1 heterocycles. The predicted molar refractivity (Wildman–Crippen MR) is 78.6 cm³/mol. The van der Waals surface area contributed by atoms with Crippen LogP contribution in [-0.4, -0.2) is 30.9 Å². The molecule has 0 spiro atoms. The first-order valence-corrected chi connectivity index (χ1v) is 8.47. The Hall–Kier alpha value is -0.660. The third-order valence-corrected chi connectivity index (χ3v) is 6.52. The van der Waals surface area contributed by atoms with Crippen LogP contribution in [0.1, 0.15) is 19.3 Å². The minimum absolute atomic E-state index is 0.113. The van der Waals surface area contributed by atoms with Crippen molar-refractivity contribution in [2.75, 3.05) is 13.4 Å². The quantitative estimate of drug-likeness (QED) is 0.441. The van der Waals surface area contributed by atoms with Crippen LogP contribution in [0.15, 0.2) is 19.0 Å². The van der Waals surface area contributed by atoms with E-state index < -0.39 is 5.97 Å². The maximum atomic E-state index is 11.9. The highest BCUT2D eigenvalue weighted by Crippen LogP contribution is 2.55. The lowest BCUT2D eigenvalue weighted by Gasteiger charge is -2.13. The highest BCUT2D eigenvalue weighted by atomic mass is 32.2. The van der Waals surface area contributed by atoms with E-state index >= 15 is 0 Å². The third-order valence-electron chi connectivity index (χ3n) is 2.69. The number of allylic oxidation sites excluding steroid dienone is 1. The van der Waals surface area contributed by atoms with Crippen molar-refractivity contribution in [3.63, 3.8) is 0 Å². The second-order valence-corrected chi connectivity index (χ2v) is 7.25. The Labute approximate surface area is 123 Å². The van der Waals surface area contributed by atoms with Gasteiger partial charge >= 0.3 is 5.97 Å². The van der Waals surface area contributed by atoms with Gasteiger partial charge in [-0.05, 0) is 12.7 Å². The summed E-state index contributed by atoms with van der Waals surface area (Å²) in [7, 11) is 1.32. The van der Waals surface area contributed by atoms with E-state index in [1.807, 2.05) is 6.26 Å². The standard InChI is InChI=1S/C12H12O4S3/c1-16-10(15)9-12(17-2)19-11(18-9)8-6(13)4-3-5-7(8)14/h3-5H2,1-2H3. The number of carbonyl (C=O) groups is 3. The van der Waals surface area contributed by atoms with Gasteiger partial charge in [0, 0.05) is 12.8 Å². The van der Waals surface area contributed by atoms with Gasteiger partial charge in [-0.15, -0.1) is 11.8 Å². The van der Waals surface area contributed by atoms with Gasteiger partial charge in [0.25, 0.3) is 0 Å².